The van der Waals surface area contributed by atoms with Crippen LogP contribution in [0.2, 0.25) is 0 Å². The van der Waals surface area contributed by atoms with Crippen molar-refractivity contribution >= 4 is 17.5 Å². The molecule has 8 nitrogen and oxygen atoms in total. The van der Waals surface area contributed by atoms with Crippen LogP contribution in [0.4, 0.5) is 5.69 Å². The number of carbonyl (C=O) groups excluding carboxylic acids is 1. The number of ether oxygens (including phenoxy) is 2. The fourth-order valence-corrected chi connectivity index (χ4v) is 3.38. The van der Waals surface area contributed by atoms with Crippen molar-refractivity contribution in [2.75, 3.05) is 7.11 Å². The minimum atomic E-state index is -0.487. The van der Waals surface area contributed by atoms with Gasteiger partial charge in [0, 0.05) is 35.3 Å². The monoisotopic (exact) mass is 455 g/mol. The number of allylic oxidation sites excluding steroid dienone is 1. The molecule has 4 aromatic rings. The summed E-state index contributed by atoms with van der Waals surface area (Å²) in [6.45, 7) is 0.0688. The molecule has 0 saturated carbocycles. The zero-order chi connectivity index (χ0) is 23.9. The van der Waals surface area contributed by atoms with Crippen molar-refractivity contribution in [3.8, 4) is 17.2 Å². The molecule has 0 saturated heterocycles. The molecule has 8 heteroatoms. The fourth-order valence-electron chi connectivity index (χ4n) is 3.38. The van der Waals surface area contributed by atoms with Crippen LogP contribution in [-0.2, 0) is 6.61 Å². The van der Waals surface area contributed by atoms with Crippen LogP contribution in [0.15, 0.2) is 91.5 Å². The summed E-state index contributed by atoms with van der Waals surface area (Å²) in [6, 6.07) is 18.8. The number of benzene rings is 3. The molecule has 0 aliphatic rings. The van der Waals surface area contributed by atoms with E-state index >= 15 is 0 Å². The average molecular weight is 455 g/mol. The Labute approximate surface area is 195 Å². The van der Waals surface area contributed by atoms with Crippen LogP contribution in [0, 0.1) is 10.1 Å². The van der Waals surface area contributed by atoms with Gasteiger partial charge in [-0.3, -0.25) is 14.9 Å². The van der Waals surface area contributed by atoms with Gasteiger partial charge in [-0.1, -0.05) is 24.3 Å². The molecule has 0 spiro atoms. The van der Waals surface area contributed by atoms with E-state index in [9.17, 15) is 14.9 Å². The molecule has 0 amide bonds. The molecule has 4 rings (SSSR count). The summed E-state index contributed by atoms with van der Waals surface area (Å²) in [6.07, 6.45) is 8.42. The van der Waals surface area contributed by atoms with E-state index < -0.39 is 4.92 Å². The normalized spacial score (nSPS) is 10.9. The zero-order valence-corrected chi connectivity index (χ0v) is 18.3. The van der Waals surface area contributed by atoms with Gasteiger partial charge < -0.3 is 14.0 Å². The smallest absolute Gasteiger partial charge is 0.310 e. The van der Waals surface area contributed by atoms with E-state index in [0.717, 1.165) is 11.3 Å². The summed E-state index contributed by atoms with van der Waals surface area (Å²) < 4.78 is 12.9. The number of aromatic nitrogens is 2. The Morgan fingerprint density at radius 3 is 2.59 bits per heavy atom. The van der Waals surface area contributed by atoms with E-state index in [1.165, 1.54) is 19.3 Å². The van der Waals surface area contributed by atoms with Gasteiger partial charge in [-0.25, -0.2) is 4.98 Å². The van der Waals surface area contributed by atoms with Gasteiger partial charge >= 0.3 is 5.69 Å². The molecule has 0 N–H and O–H groups in total. The number of hydrogen-bond donors (Lipinski definition) is 0. The molecule has 0 radical (unpaired) electrons. The molecule has 170 valence electrons. The Bertz CT molecular complexity index is 1330. The molecule has 0 bridgehead atoms. The van der Waals surface area contributed by atoms with Crippen molar-refractivity contribution < 1.29 is 19.2 Å². The third kappa shape index (κ3) is 5.18. The highest BCUT2D eigenvalue weighted by Crippen LogP contribution is 2.28. The van der Waals surface area contributed by atoms with E-state index in [4.69, 9.17) is 9.47 Å². The van der Waals surface area contributed by atoms with Gasteiger partial charge in [0.2, 0.25) is 0 Å². The maximum atomic E-state index is 12.6. The second-order valence-corrected chi connectivity index (χ2v) is 7.30. The van der Waals surface area contributed by atoms with E-state index in [2.05, 4.69) is 4.98 Å². The van der Waals surface area contributed by atoms with Crippen molar-refractivity contribution in [3.05, 3.63) is 118 Å². The molecule has 1 heterocycles. The van der Waals surface area contributed by atoms with Crippen LogP contribution in [0.25, 0.3) is 11.8 Å². The first-order valence-corrected chi connectivity index (χ1v) is 10.4. The third-order valence-corrected chi connectivity index (χ3v) is 5.13. The Balaban J connectivity index is 1.48. The first-order chi connectivity index (χ1) is 16.5. The number of para-hydroxylation sites is 2. The summed E-state index contributed by atoms with van der Waals surface area (Å²) >= 11 is 0. The van der Waals surface area contributed by atoms with Gasteiger partial charge in [0.05, 0.1) is 18.4 Å². The highest BCUT2D eigenvalue weighted by Gasteiger charge is 2.14. The molecule has 3 aromatic carbocycles. The van der Waals surface area contributed by atoms with Gasteiger partial charge in [-0.05, 0) is 54.1 Å². The van der Waals surface area contributed by atoms with Crippen LogP contribution in [0.5, 0.6) is 11.5 Å². The number of rotatable bonds is 9. The van der Waals surface area contributed by atoms with Gasteiger partial charge in [-0.15, -0.1) is 0 Å². The maximum absolute atomic E-state index is 12.6. The first kappa shape index (κ1) is 22.5. The van der Waals surface area contributed by atoms with Crippen LogP contribution in [-0.4, -0.2) is 27.4 Å². The number of nitro benzene ring substituents is 1. The summed E-state index contributed by atoms with van der Waals surface area (Å²) in [5.74, 6) is 0.618. The Hall–Kier alpha value is -4.72. The highest BCUT2D eigenvalue weighted by atomic mass is 16.6. The third-order valence-electron chi connectivity index (χ3n) is 5.13. The zero-order valence-electron chi connectivity index (χ0n) is 18.3. The molecule has 0 aliphatic carbocycles. The molecule has 0 unspecified atom stereocenters. The standard InChI is InChI=1S/C26H21N3O5/c1-33-25-13-7-19(16-21(25)17-34-26-5-3-2-4-23(26)29(31)32)6-12-24(30)20-8-10-22(11-9-20)28-15-14-27-18-28/h2-16,18H,17H2,1H3/b12-6+. The maximum Gasteiger partial charge on any atom is 0.310 e. The van der Waals surface area contributed by atoms with Crippen molar-refractivity contribution in [3.63, 3.8) is 0 Å². The molecule has 0 fully saturated rings. The second kappa shape index (κ2) is 10.3. The minimum Gasteiger partial charge on any atom is -0.496 e. The number of nitrogens with zero attached hydrogens (tertiary/aromatic N) is 3. The van der Waals surface area contributed by atoms with Crippen LogP contribution in [0.1, 0.15) is 21.5 Å². The van der Waals surface area contributed by atoms with Crippen molar-refractivity contribution in [1.82, 2.24) is 9.55 Å². The Kier molecular flexibility index (Phi) is 6.78. The number of carbonyl (C=O) groups is 1. The Morgan fingerprint density at radius 1 is 1.09 bits per heavy atom. The Morgan fingerprint density at radius 2 is 1.88 bits per heavy atom. The van der Waals surface area contributed by atoms with Crippen LogP contribution >= 0.6 is 0 Å². The van der Waals surface area contributed by atoms with E-state index in [1.54, 1.807) is 55.0 Å². The quantitative estimate of drug-likeness (QED) is 0.148. The first-order valence-electron chi connectivity index (χ1n) is 10.4. The van der Waals surface area contributed by atoms with Crippen molar-refractivity contribution in [1.29, 1.82) is 0 Å². The topological polar surface area (TPSA) is 96.5 Å². The van der Waals surface area contributed by atoms with Gasteiger partial charge in [0.1, 0.15) is 12.4 Å². The molecule has 1 aromatic heterocycles. The van der Waals surface area contributed by atoms with Crippen LogP contribution < -0.4 is 9.47 Å². The lowest BCUT2D eigenvalue weighted by atomic mass is 10.1. The number of hydrogen-bond acceptors (Lipinski definition) is 6. The molecule has 0 atom stereocenters. The lowest BCUT2D eigenvalue weighted by Crippen LogP contribution is -2.01. The summed E-state index contributed by atoms with van der Waals surface area (Å²) in [5, 5.41) is 11.2. The lowest BCUT2D eigenvalue weighted by molar-refractivity contribution is -0.385. The van der Waals surface area contributed by atoms with Gasteiger partial charge in [0.25, 0.3) is 0 Å². The van der Waals surface area contributed by atoms with Crippen molar-refractivity contribution in [2.45, 2.75) is 6.61 Å². The average Bonchev–Trinajstić information content (AvgIpc) is 3.41. The van der Waals surface area contributed by atoms with E-state index in [1.807, 2.05) is 35.0 Å². The summed E-state index contributed by atoms with van der Waals surface area (Å²) in [5.41, 5.74) is 2.83. The lowest BCUT2D eigenvalue weighted by Gasteiger charge is -2.11. The minimum absolute atomic E-state index is 0.0688. The fraction of sp³-hybridized carbons (Fsp3) is 0.0769. The SMILES string of the molecule is COc1ccc(/C=C/C(=O)c2ccc(-n3ccnc3)cc2)cc1COc1ccccc1[N+](=O)[O-]. The molecular formula is C26H21N3O5. The number of methoxy groups -OCH3 is 1. The largest absolute Gasteiger partial charge is 0.496 e. The van der Waals surface area contributed by atoms with E-state index in [-0.39, 0.29) is 23.8 Å². The number of imidazole rings is 1. The summed E-state index contributed by atoms with van der Waals surface area (Å²) in [4.78, 5) is 27.4. The molecular weight excluding hydrogens is 434 g/mol. The number of nitro groups is 1. The van der Waals surface area contributed by atoms with Crippen molar-refractivity contribution in [2.24, 2.45) is 0 Å². The number of ketones is 1. The van der Waals surface area contributed by atoms with Gasteiger partial charge in [0.15, 0.2) is 11.5 Å². The highest BCUT2D eigenvalue weighted by molar-refractivity contribution is 6.06. The van der Waals surface area contributed by atoms with Gasteiger partial charge in [-0.2, -0.15) is 0 Å². The second-order valence-electron chi connectivity index (χ2n) is 7.30. The molecule has 34 heavy (non-hydrogen) atoms. The molecule has 0 aliphatic heterocycles. The van der Waals surface area contributed by atoms with Crippen LogP contribution in [0.3, 0.4) is 0 Å². The predicted octanol–water partition coefficient (Wildman–Crippen LogP) is 5.26. The predicted molar refractivity (Wildman–Crippen MR) is 127 cm³/mol. The van der Waals surface area contributed by atoms with E-state index in [0.29, 0.717) is 16.9 Å². The summed E-state index contributed by atoms with van der Waals surface area (Å²) in [7, 11) is 1.54.